The monoisotopic (exact) mass is 517 g/mol. The average Bonchev–Trinajstić information content (AvgIpc) is 2.97. The molecule has 0 aromatic heterocycles. The van der Waals surface area contributed by atoms with Crippen LogP contribution < -0.4 is 4.74 Å². The van der Waals surface area contributed by atoms with Crippen LogP contribution in [0.25, 0.3) is 0 Å². The van der Waals surface area contributed by atoms with Gasteiger partial charge in [-0.05, 0) is 73.3 Å². The number of likely N-dealkylation sites (tertiary alicyclic amines) is 1. The van der Waals surface area contributed by atoms with Crippen LogP contribution in [0.4, 0.5) is 4.79 Å². The second-order valence-electron chi connectivity index (χ2n) is 11.6. The summed E-state index contributed by atoms with van der Waals surface area (Å²) >= 11 is 0. The number of amides is 1. The van der Waals surface area contributed by atoms with Crippen molar-refractivity contribution in [3.8, 4) is 5.75 Å². The smallest absolute Gasteiger partial charge is 0.410 e. The molecular formula is C32H39NO5. The highest BCUT2D eigenvalue weighted by Gasteiger charge is 2.55. The number of rotatable bonds is 6. The third kappa shape index (κ3) is 4.90. The van der Waals surface area contributed by atoms with E-state index >= 15 is 0 Å². The molecule has 2 saturated carbocycles. The second-order valence-corrected chi connectivity index (χ2v) is 11.6. The van der Waals surface area contributed by atoms with Crippen molar-refractivity contribution in [2.45, 2.75) is 88.7 Å². The summed E-state index contributed by atoms with van der Waals surface area (Å²) in [5, 5.41) is 0. The van der Waals surface area contributed by atoms with Crippen LogP contribution in [0.1, 0.15) is 80.9 Å². The van der Waals surface area contributed by atoms with Crippen molar-refractivity contribution in [1.29, 1.82) is 0 Å². The molecule has 6 nitrogen and oxygen atoms in total. The van der Waals surface area contributed by atoms with Crippen LogP contribution in [0, 0.1) is 11.8 Å². The summed E-state index contributed by atoms with van der Waals surface area (Å²) in [6.07, 6.45) is 11.6. The molecule has 0 N–H and O–H groups in total. The van der Waals surface area contributed by atoms with Gasteiger partial charge in [-0.2, -0.15) is 0 Å². The Bertz CT molecular complexity index is 1140. The predicted octanol–water partition coefficient (Wildman–Crippen LogP) is 6.54. The molecule has 0 radical (unpaired) electrons. The average molecular weight is 518 g/mol. The highest BCUT2D eigenvalue weighted by atomic mass is 16.7. The number of carbonyl (C=O) groups excluding carboxylic acids is 2. The molecule has 3 fully saturated rings. The van der Waals surface area contributed by atoms with Gasteiger partial charge in [-0.3, -0.25) is 4.79 Å². The number of hydrogen-bond donors (Lipinski definition) is 0. The fourth-order valence-corrected chi connectivity index (χ4v) is 7.71. The third-order valence-corrected chi connectivity index (χ3v) is 9.61. The lowest BCUT2D eigenvalue weighted by atomic mass is 9.52. The molecule has 6 heteroatoms. The maximum Gasteiger partial charge on any atom is 0.410 e. The zero-order valence-corrected chi connectivity index (χ0v) is 22.2. The van der Waals surface area contributed by atoms with Gasteiger partial charge in [0.1, 0.15) is 12.4 Å². The van der Waals surface area contributed by atoms with Crippen molar-refractivity contribution >= 4 is 12.1 Å². The fraction of sp³-hybridized carbons (Fsp3) is 0.562. The van der Waals surface area contributed by atoms with E-state index in [2.05, 4.69) is 12.1 Å². The SMILES string of the molecule is O=C(OCOc1ccc2c(c1)[C@@]13CCCC[C@H]1[C@@H](C2)N(C(=O)OCc1ccccc1)CC3)C1CCCCC1. The van der Waals surface area contributed by atoms with Crippen LogP contribution in [-0.2, 0) is 32.7 Å². The van der Waals surface area contributed by atoms with Crippen LogP contribution in [0.15, 0.2) is 48.5 Å². The van der Waals surface area contributed by atoms with E-state index in [1.165, 1.54) is 30.4 Å². The van der Waals surface area contributed by atoms with Crippen LogP contribution in [0.5, 0.6) is 5.75 Å². The minimum absolute atomic E-state index is 0.0271. The van der Waals surface area contributed by atoms with Gasteiger partial charge in [0.25, 0.3) is 0 Å². The molecule has 1 saturated heterocycles. The van der Waals surface area contributed by atoms with E-state index < -0.39 is 0 Å². The summed E-state index contributed by atoms with van der Waals surface area (Å²) < 4.78 is 17.2. The molecule has 38 heavy (non-hydrogen) atoms. The standard InChI is InChI=1S/C32H39NO5/c34-30(24-11-5-2-6-12-24)38-22-37-26-15-14-25-19-29-27-13-7-8-16-32(27,28(25)20-26)17-18-33(29)31(35)36-21-23-9-3-1-4-10-23/h1,3-4,9-10,14-15,20,24,27,29H,2,5-8,11-13,16-19,21-22H2/t27-,29+,32+/m0/s1. The molecule has 1 heterocycles. The molecule has 0 spiro atoms. The molecule has 4 aliphatic rings. The molecule has 2 aromatic rings. The van der Waals surface area contributed by atoms with E-state index in [1.54, 1.807) is 0 Å². The first-order valence-corrected chi connectivity index (χ1v) is 14.5. The van der Waals surface area contributed by atoms with Crippen LogP contribution in [-0.4, -0.2) is 36.3 Å². The van der Waals surface area contributed by atoms with E-state index in [1.807, 2.05) is 41.3 Å². The quantitative estimate of drug-likeness (QED) is 0.321. The lowest BCUT2D eigenvalue weighted by Gasteiger charge is -2.58. The van der Waals surface area contributed by atoms with Gasteiger partial charge in [0, 0.05) is 18.0 Å². The summed E-state index contributed by atoms with van der Waals surface area (Å²) in [5.74, 6) is 1.10. The molecule has 3 atom stereocenters. The molecule has 1 aliphatic heterocycles. The van der Waals surface area contributed by atoms with E-state index in [0.717, 1.165) is 69.2 Å². The van der Waals surface area contributed by atoms with Gasteiger partial charge in [-0.1, -0.05) is 68.5 Å². The first-order valence-electron chi connectivity index (χ1n) is 14.5. The molecule has 3 aliphatic carbocycles. The Balaban J connectivity index is 1.15. The van der Waals surface area contributed by atoms with Crippen molar-refractivity contribution in [3.63, 3.8) is 0 Å². The minimum atomic E-state index is -0.193. The lowest BCUT2D eigenvalue weighted by molar-refractivity contribution is -0.156. The Hall–Kier alpha value is -3.02. The third-order valence-electron chi connectivity index (χ3n) is 9.61. The molecule has 2 bridgehead atoms. The Labute approximate surface area is 225 Å². The number of carbonyl (C=O) groups is 2. The number of hydrogen-bond acceptors (Lipinski definition) is 5. The summed E-state index contributed by atoms with van der Waals surface area (Å²) in [6, 6.07) is 16.4. The first kappa shape index (κ1) is 25.3. The normalized spacial score (nSPS) is 26.6. The highest BCUT2D eigenvalue weighted by Crippen LogP contribution is 2.56. The van der Waals surface area contributed by atoms with Crippen molar-refractivity contribution in [2.24, 2.45) is 11.8 Å². The topological polar surface area (TPSA) is 65.1 Å². The lowest BCUT2D eigenvalue weighted by Crippen LogP contribution is -2.62. The van der Waals surface area contributed by atoms with Crippen molar-refractivity contribution in [3.05, 3.63) is 65.2 Å². The summed E-state index contributed by atoms with van der Waals surface area (Å²) in [6.45, 7) is 0.994. The van der Waals surface area contributed by atoms with E-state index in [9.17, 15) is 9.59 Å². The molecular weight excluding hydrogens is 478 g/mol. The van der Waals surface area contributed by atoms with Crippen LogP contribution >= 0.6 is 0 Å². The van der Waals surface area contributed by atoms with E-state index in [-0.39, 0.29) is 36.2 Å². The first-order chi connectivity index (χ1) is 18.6. The minimum Gasteiger partial charge on any atom is -0.457 e. The van der Waals surface area contributed by atoms with E-state index in [4.69, 9.17) is 14.2 Å². The number of benzene rings is 2. The van der Waals surface area contributed by atoms with Crippen LogP contribution in [0.2, 0.25) is 0 Å². The number of piperidine rings is 1. The van der Waals surface area contributed by atoms with Gasteiger partial charge >= 0.3 is 12.1 Å². The largest absolute Gasteiger partial charge is 0.457 e. The van der Waals surface area contributed by atoms with Gasteiger partial charge in [0.2, 0.25) is 6.79 Å². The van der Waals surface area contributed by atoms with Gasteiger partial charge in [0.05, 0.1) is 5.92 Å². The second kappa shape index (κ2) is 11.0. The zero-order valence-electron chi connectivity index (χ0n) is 22.2. The Morgan fingerprint density at radius 1 is 0.895 bits per heavy atom. The molecule has 2 aromatic carbocycles. The van der Waals surface area contributed by atoms with Gasteiger partial charge in [-0.25, -0.2) is 4.79 Å². The fourth-order valence-electron chi connectivity index (χ4n) is 7.71. The molecule has 1 amide bonds. The maximum absolute atomic E-state index is 13.2. The molecule has 6 rings (SSSR count). The Kier molecular flexibility index (Phi) is 7.31. The van der Waals surface area contributed by atoms with Gasteiger partial charge < -0.3 is 19.1 Å². The molecule has 0 unspecified atom stereocenters. The zero-order chi connectivity index (χ0) is 26.0. The van der Waals surface area contributed by atoms with Crippen molar-refractivity contribution in [1.82, 2.24) is 4.90 Å². The Morgan fingerprint density at radius 2 is 1.71 bits per heavy atom. The Morgan fingerprint density at radius 3 is 2.55 bits per heavy atom. The summed E-state index contributed by atoms with van der Waals surface area (Å²) in [5.41, 5.74) is 3.77. The number of nitrogens with zero attached hydrogens (tertiary/aromatic N) is 1. The predicted molar refractivity (Wildman–Crippen MR) is 144 cm³/mol. The number of esters is 1. The number of ether oxygens (including phenoxy) is 3. The summed E-state index contributed by atoms with van der Waals surface area (Å²) in [7, 11) is 0. The molecule has 202 valence electrons. The summed E-state index contributed by atoms with van der Waals surface area (Å²) in [4.78, 5) is 27.7. The maximum atomic E-state index is 13.2. The number of fused-ring (bicyclic) bond motifs is 1. The van der Waals surface area contributed by atoms with Crippen LogP contribution in [0.3, 0.4) is 0 Å². The van der Waals surface area contributed by atoms with E-state index in [0.29, 0.717) is 12.5 Å². The van der Waals surface area contributed by atoms with Crippen molar-refractivity contribution in [2.75, 3.05) is 13.3 Å². The van der Waals surface area contributed by atoms with Gasteiger partial charge in [-0.15, -0.1) is 0 Å². The van der Waals surface area contributed by atoms with Gasteiger partial charge in [0.15, 0.2) is 0 Å². The van der Waals surface area contributed by atoms with Crippen molar-refractivity contribution < 1.29 is 23.8 Å². The highest BCUT2D eigenvalue weighted by molar-refractivity contribution is 5.72.